The minimum absolute atomic E-state index is 0.587. The normalized spacial score (nSPS) is 11.3. The maximum Gasteiger partial charge on any atom is 0.164 e. The topological polar surface area (TPSA) is 55.1 Å². The minimum Gasteiger partial charge on any atom is -0.456 e. The van der Waals surface area contributed by atoms with Gasteiger partial charge in [-0.3, -0.25) is 0 Å². The van der Waals surface area contributed by atoms with Crippen LogP contribution in [0.4, 0.5) is 17.1 Å². The number of fused-ring (bicyclic) bond motifs is 4. The Labute approximate surface area is 312 Å². The minimum atomic E-state index is 0.587. The largest absolute Gasteiger partial charge is 0.456 e. The second kappa shape index (κ2) is 13.3. The number of nitrogens with zero attached hydrogens (tertiary/aromatic N) is 4. The van der Waals surface area contributed by atoms with Crippen molar-refractivity contribution in [3.63, 3.8) is 0 Å². The standard InChI is InChI=1S/C49H32N4O/c1-4-12-33(13-5-1)35-22-25-41(26-23-35)53(40-18-8-3-9-19-40)42-27-29-45-44(32-42)43-28-24-39(31-46(43)54-45)49-51-47(36-15-6-2-7-16-36)50-48(52-49)38-21-20-34-14-10-11-17-37(34)30-38/h1-32H. The van der Waals surface area contributed by atoms with E-state index in [1.807, 2.05) is 54.6 Å². The van der Waals surface area contributed by atoms with Crippen LogP contribution < -0.4 is 4.90 Å². The van der Waals surface area contributed by atoms with E-state index in [1.165, 1.54) is 16.5 Å². The van der Waals surface area contributed by atoms with Crippen molar-refractivity contribution in [3.8, 4) is 45.3 Å². The lowest BCUT2D eigenvalue weighted by atomic mass is 10.0. The first-order valence-electron chi connectivity index (χ1n) is 18.0. The van der Waals surface area contributed by atoms with E-state index in [-0.39, 0.29) is 0 Å². The van der Waals surface area contributed by atoms with E-state index >= 15 is 0 Å². The first-order valence-corrected chi connectivity index (χ1v) is 18.0. The fourth-order valence-corrected chi connectivity index (χ4v) is 7.18. The van der Waals surface area contributed by atoms with Crippen LogP contribution in [0.25, 0.3) is 78.0 Å². The number of hydrogen-bond acceptors (Lipinski definition) is 5. The van der Waals surface area contributed by atoms with E-state index in [0.717, 1.165) is 61.1 Å². The highest BCUT2D eigenvalue weighted by Crippen LogP contribution is 2.40. The third-order valence-electron chi connectivity index (χ3n) is 9.89. The van der Waals surface area contributed by atoms with Gasteiger partial charge in [0.05, 0.1) is 0 Å². The van der Waals surface area contributed by atoms with Crippen molar-refractivity contribution in [2.45, 2.75) is 0 Å². The number of anilines is 3. The molecule has 2 aromatic heterocycles. The quantitative estimate of drug-likeness (QED) is 0.166. The molecule has 0 fully saturated rings. The SMILES string of the molecule is c1ccc(-c2ccc(N(c3ccccc3)c3ccc4oc5cc(-c6nc(-c7ccccc7)nc(-c7ccc8ccccc8c7)n6)ccc5c4c3)cc2)cc1. The highest BCUT2D eigenvalue weighted by Gasteiger charge is 2.18. The van der Waals surface area contributed by atoms with Gasteiger partial charge in [-0.2, -0.15) is 0 Å². The molecular weight excluding hydrogens is 661 g/mol. The van der Waals surface area contributed by atoms with Gasteiger partial charge in [-0.1, -0.05) is 133 Å². The van der Waals surface area contributed by atoms with Crippen LogP contribution >= 0.6 is 0 Å². The Morgan fingerprint density at radius 1 is 0.315 bits per heavy atom. The van der Waals surface area contributed by atoms with Gasteiger partial charge in [-0.25, -0.2) is 15.0 Å². The van der Waals surface area contributed by atoms with Crippen molar-refractivity contribution >= 4 is 49.8 Å². The van der Waals surface area contributed by atoms with Gasteiger partial charge in [0.25, 0.3) is 0 Å². The Hall–Kier alpha value is -7.37. The van der Waals surface area contributed by atoms with Gasteiger partial charge in [0.2, 0.25) is 0 Å². The average Bonchev–Trinajstić information content (AvgIpc) is 3.62. The predicted molar refractivity (Wildman–Crippen MR) is 221 cm³/mol. The van der Waals surface area contributed by atoms with E-state index < -0.39 is 0 Å². The molecule has 8 aromatic carbocycles. The van der Waals surface area contributed by atoms with Crippen LogP contribution in [0.2, 0.25) is 0 Å². The molecule has 0 spiro atoms. The molecule has 0 saturated carbocycles. The van der Waals surface area contributed by atoms with Crippen LogP contribution in [-0.4, -0.2) is 15.0 Å². The maximum atomic E-state index is 6.51. The molecule has 0 radical (unpaired) electrons. The van der Waals surface area contributed by atoms with Crippen LogP contribution in [0.3, 0.4) is 0 Å². The Kier molecular flexibility index (Phi) is 7.73. The molecule has 2 heterocycles. The zero-order valence-electron chi connectivity index (χ0n) is 29.2. The third-order valence-corrected chi connectivity index (χ3v) is 9.89. The van der Waals surface area contributed by atoms with E-state index in [2.05, 4.69) is 144 Å². The van der Waals surface area contributed by atoms with Crippen LogP contribution in [0.15, 0.2) is 199 Å². The maximum absolute atomic E-state index is 6.51. The van der Waals surface area contributed by atoms with Gasteiger partial charge in [0.1, 0.15) is 11.2 Å². The summed E-state index contributed by atoms with van der Waals surface area (Å²) in [5, 5.41) is 4.37. The van der Waals surface area contributed by atoms with Crippen LogP contribution in [0, 0.1) is 0 Å². The van der Waals surface area contributed by atoms with Gasteiger partial charge in [0.15, 0.2) is 17.5 Å². The zero-order valence-corrected chi connectivity index (χ0v) is 29.2. The number of benzene rings is 8. The second-order valence-corrected chi connectivity index (χ2v) is 13.3. The molecule has 0 aliphatic carbocycles. The van der Waals surface area contributed by atoms with Gasteiger partial charge in [-0.15, -0.1) is 0 Å². The smallest absolute Gasteiger partial charge is 0.164 e. The summed E-state index contributed by atoms with van der Waals surface area (Å²) in [6.07, 6.45) is 0. The third kappa shape index (κ3) is 5.84. The summed E-state index contributed by atoms with van der Waals surface area (Å²) in [6, 6.07) is 67.0. The highest BCUT2D eigenvalue weighted by atomic mass is 16.3. The number of rotatable bonds is 7. The Morgan fingerprint density at radius 2 is 0.833 bits per heavy atom. The average molecular weight is 693 g/mol. The van der Waals surface area contributed by atoms with Crippen molar-refractivity contribution in [3.05, 3.63) is 194 Å². The molecule has 0 saturated heterocycles. The number of aromatic nitrogens is 3. The van der Waals surface area contributed by atoms with E-state index in [1.54, 1.807) is 0 Å². The van der Waals surface area contributed by atoms with Crippen LogP contribution in [-0.2, 0) is 0 Å². The predicted octanol–water partition coefficient (Wildman–Crippen LogP) is 13.1. The van der Waals surface area contributed by atoms with Gasteiger partial charge in [0, 0.05) is 44.5 Å². The fourth-order valence-electron chi connectivity index (χ4n) is 7.18. The fraction of sp³-hybridized carbons (Fsp3) is 0. The lowest BCUT2D eigenvalue weighted by molar-refractivity contribution is 0.669. The van der Waals surface area contributed by atoms with Crippen LogP contribution in [0.5, 0.6) is 0 Å². The van der Waals surface area contributed by atoms with Crippen LogP contribution in [0.1, 0.15) is 0 Å². The van der Waals surface area contributed by atoms with Crippen molar-refractivity contribution in [1.29, 1.82) is 0 Å². The summed E-state index contributed by atoms with van der Waals surface area (Å²) in [7, 11) is 0. The summed E-state index contributed by atoms with van der Waals surface area (Å²) in [5.74, 6) is 1.83. The van der Waals surface area contributed by atoms with Crippen molar-refractivity contribution in [2.24, 2.45) is 0 Å². The highest BCUT2D eigenvalue weighted by molar-refractivity contribution is 6.07. The molecule has 254 valence electrons. The van der Waals surface area contributed by atoms with Crippen molar-refractivity contribution in [2.75, 3.05) is 4.90 Å². The van der Waals surface area contributed by atoms with Crippen molar-refractivity contribution in [1.82, 2.24) is 15.0 Å². The van der Waals surface area contributed by atoms with E-state index in [9.17, 15) is 0 Å². The molecule has 0 amide bonds. The van der Waals surface area contributed by atoms with E-state index in [4.69, 9.17) is 19.4 Å². The molecule has 10 rings (SSSR count). The molecule has 0 aliphatic heterocycles. The summed E-state index contributed by atoms with van der Waals surface area (Å²) in [6.45, 7) is 0. The number of furan rings is 1. The second-order valence-electron chi connectivity index (χ2n) is 13.3. The summed E-state index contributed by atoms with van der Waals surface area (Å²) in [5.41, 5.74) is 9.86. The Balaban J connectivity index is 1.06. The monoisotopic (exact) mass is 692 g/mol. The summed E-state index contributed by atoms with van der Waals surface area (Å²) >= 11 is 0. The zero-order chi connectivity index (χ0) is 35.8. The Morgan fingerprint density at radius 3 is 1.56 bits per heavy atom. The first-order chi connectivity index (χ1) is 26.7. The lowest BCUT2D eigenvalue weighted by Gasteiger charge is -2.25. The molecular formula is C49H32N4O. The molecule has 0 bridgehead atoms. The molecule has 0 aliphatic rings. The Bertz CT molecular complexity index is 2920. The molecule has 0 unspecified atom stereocenters. The number of hydrogen-bond donors (Lipinski definition) is 0. The molecule has 54 heavy (non-hydrogen) atoms. The number of para-hydroxylation sites is 1. The van der Waals surface area contributed by atoms with Gasteiger partial charge in [-0.05, 0) is 82.6 Å². The lowest BCUT2D eigenvalue weighted by Crippen LogP contribution is -2.09. The molecule has 0 N–H and O–H groups in total. The summed E-state index contributed by atoms with van der Waals surface area (Å²) in [4.78, 5) is 17.2. The molecule has 10 aromatic rings. The summed E-state index contributed by atoms with van der Waals surface area (Å²) < 4.78 is 6.51. The molecule has 5 nitrogen and oxygen atoms in total. The first kappa shape index (κ1) is 31.4. The van der Waals surface area contributed by atoms with Gasteiger partial charge >= 0.3 is 0 Å². The molecule has 5 heteroatoms. The van der Waals surface area contributed by atoms with Gasteiger partial charge < -0.3 is 9.32 Å². The van der Waals surface area contributed by atoms with E-state index in [0.29, 0.717) is 17.5 Å². The molecule has 0 atom stereocenters. The van der Waals surface area contributed by atoms with Crippen molar-refractivity contribution < 1.29 is 4.42 Å².